The fraction of sp³-hybridized carbons (Fsp3) is 0.600. The molecule has 1 amide bonds. The van der Waals surface area contributed by atoms with Gasteiger partial charge in [0.15, 0.2) is 5.60 Å². The number of benzene rings is 1. The van der Waals surface area contributed by atoms with Gasteiger partial charge >= 0.3 is 0 Å². The van der Waals surface area contributed by atoms with Crippen LogP contribution in [0.1, 0.15) is 44.6 Å². The number of alkyl halides is 2. The van der Waals surface area contributed by atoms with Gasteiger partial charge in [-0.1, -0.05) is 30.3 Å². The Morgan fingerprint density at radius 2 is 1.77 bits per heavy atom. The Kier molecular flexibility index (Phi) is 5.15. The Hall–Kier alpha value is -1.82. The van der Waals surface area contributed by atoms with Crippen LogP contribution in [0.4, 0.5) is 8.78 Å². The molecular formula is C20H25F2NO3. The van der Waals surface area contributed by atoms with Crippen molar-refractivity contribution >= 4 is 11.7 Å². The van der Waals surface area contributed by atoms with Crippen LogP contribution in [0.5, 0.6) is 0 Å². The number of hydrogen-bond donors (Lipinski definition) is 1. The van der Waals surface area contributed by atoms with Crippen molar-refractivity contribution in [2.24, 2.45) is 11.8 Å². The first-order valence-electron chi connectivity index (χ1n) is 9.19. The minimum absolute atomic E-state index is 0.0697. The summed E-state index contributed by atoms with van der Waals surface area (Å²) < 4.78 is 27.6. The molecule has 0 radical (unpaired) electrons. The largest absolute Gasteiger partial charge is 0.375 e. The van der Waals surface area contributed by atoms with Crippen LogP contribution >= 0.6 is 0 Å². The maximum atomic E-state index is 13.8. The van der Waals surface area contributed by atoms with Gasteiger partial charge in [0.05, 0.1) is 0 Å². The average molecular weight is 365 g/mol. The van der Waals surface area contributed by atoms with E-state index in [1.165, 1.54) is 4.90 Å². The topological polar surface area (TPSA) is 57.6 Å². The molecule has 1 N–H and O–H groups in total. The molecule has 1 aliphatic heterocycles. The van der Waals surface area contributed by atoms with Gasteiger partial charge in [-0.3, -0.25) is 9.59 Å². The van der Waals surface area contributed by atoms with Crippen LogP contribution < -0.4 is 0 Å². The summed E-state index contributed by atoms with van der Waals surface area (Å²) in [4.78, 5) is 26.3. The monoisotopic (exact) mass is 365 g/mol. The number of carbonyl (C=O) groups is 2. The van der Waals surface area contributed by atoms with Crippen LogP contribution in [0.3, 0.4) is 0 Å². The average Bonchev–Trinajstić information content (AvgIpc) is 3.01. The van der Waals surface area contributed by atoms with Crippen molar-refractivity contribution < 1.29 is 23.5 Å². The molecule has 1 aromatic carbocycles. The molecule has 0 aromatic heterocycles. The number of piperidine rings is 1. The number of rotatable bonds is 4. The zero-order valence-corrected chi connectivity index (χ0v) is 15.0. The fourth-order valence-corrected chi connectivity index (χ4v) is 4.26. The molecule has 2 atom stereocenters. The molecule has 1 aromatic rings. The number of halogens is 2. The van der Waals surface area contributed by atoms with E-state index in [2.05, 4.69) is 0 Å². The predicted octanol–water partition coefficient (Wildman–Crippen LogP) is 3.14. The Morgan fingerprint density at radius 3 is 2.27 bits per heavy atom. The van der Waals surface area contributed by atoms with Crippen LogP contribution in [-0.4, -0.2) is 40.7 Å². The molecule has 3 rings (SSSR count). The van der Waals surface area contributed by atoms with E-state index >= 15 is 0 Å². The molecule has 26 heavy (non-hydrogen) atoms. The van der Waals surface area contributed by atoms with E-state index in [-0.39, 0.29) is 24.5 Å². The van der Waals surface area contributed by atoms with Crippen LogP contribution in [0, 0.1) is 11.8 Å². The van der Waals surface area contributed by atoms with E-state index < -0.39 is 29.8 Å². The molecule has 1 saturated carbocycles. The Balaban J connectivity index is 1.87. The van der Waals surface area contributed by atoms with Crippen molar-refractivity contribution in [2.75, 3.05) is 13.1 Å². The van der Waals surface area contributed by atoms with Gasteiger partial charge in [-0.25, -0.2) is 8.78 Å². The predicted molar refractivity (Wildman–Crippen MR) is 92.6 cm³/mol. The molecule has 6 heteroatoms. The van der Waals surface area contributed by atoms with E-state index in [9.17, 15) is 23.5 Å². The molecule has 2 fully saturated rings. The number of carbonyl (C=O) groups excluding carboxylic acids is 2. The summed E-state index contributed by atoms with van der Waals surface area (Å²) in [6, 6.07) is 8.40. The van der Waals surface area contributed by atoms with E-state index in [0.717, 1.165) is 0 Å². The fourth-order valence-electron chi connectivity index (χ4n) is 4.26. The molecule has 2 aliphatic rings. The first-order chi connectivity index (χ1) is 12.2. The van der Waals surface area contributed by atoms with E-state index in [4.69, 9.17) is 0 Å². The highest BCUT2D eigenvalue weighted by Crippen LogP contribution is 2.48. The normalized spacial score (nSPS) is 25.7. The number of ketones is 1. The maximum Gasteiger partial charge on any atom is 0.259 e. The first kappa shape index (κ1) is 19.0. The maximum absolute atomic E-state index is 13.8. The second kappa shape index (κ2) is 7.06. The number of hydrogen-bond acceptors (Lipinski definition) is 3. The molecule has 1 saturated heterocycles. The zero-order valence-electron chi connectivity index (χ0n) is 15.0. The van der Waals surface area contributed by atoms with E-state index in [0.29, 0.717) is 31.5 Å². The highest BCUT2D eigenvalue weighted by atomic mass is 19.3. The number of amides is 1. The molecule has 0 bridgehead atoms. The van der Waals surface area contributed by atoms with Crippen molar-refractivity contribution in [3.05, 3.63) is 35.9 Å². The van der Waals surface area contributed by atoms with Gasteiger partial charge in [-0.2, -0.15) is 0 Å². The van der Waals surface area contributed by atoms with Crippen molar-refractivity contribution in [1.82, 2.24) is 4.90 Å². The van der Waals surface area contributed by atoms with Gasteiger partial charge in [-0.15, -0.1) is 0 Å². The summed E-state index contributed by atoms with van der Waals surface area (Å²) in [6.45, 7) is 2.27. The van der Waals surface area contributed by atoms with E-state index in [1.807, 2.05) is 0 Å². The third kappa shape index (κ3) is 3.52. The van der Waals surface area contributed by atoms with Gasteiger partial charge < -0.3 is 10.0 Å². The second-order valence-corrected chi connectivity index (χ2v) is 7.61. The van der Waals surface area contributed by atoms with Crippen molar-refractivity contribution in [3.63, 3.8) is 0 Å². The minimum Gasteiger partial charge on any atom is -0.375 e. The minimum atomic E-state index is -2.85. The highest BCUT2D eigenvalue weighted by Gasteiger charge is 2.54. The quantitative estimate of drug-likeness (QED) is 0.892. The van der Waals surface area contributed by atoms with Gasteiger partial charge in [0.1, 0.15) is 5.78 Å². The van der Waals surface area contributed by atoms with Crippen molar-refractivity contribution in [1.29, 1.82) is 0 Å². The van der Waals surface area contributed by atoms with Crippen LogP contribution in [-0.2, 0) is 15.2 Å². The van der Waals surface area contributed by atoms with Gasteiger partial charge in [0.2, 0.25) is 5.92 Å². The van der Waals surface area contributed by atoms with E-state index in [1.54, 1.807) is 37.3 Å². The summed E-state index contributed by atoms with van der Waals surface area (Å²) in [7, 11) is 0. The lowest BCUT2D eigenvalue weighted by Crippen LogP contribution is -2.53. The summed E-state index contributed by atoms with van der Waals surface area (Å²) >= 11 is 0. The van der Waals surface area contributed by atoms with Gasteiger partial charge in [0, 0.05) is 37.8 Å². The van der Waals surface area contributed by atoms with Crippen LogP contribution in [0.2, 0.25) is 0 Å². The molecule has 4 nitrogen and oxygen atoms in total. The molecule has 1 aliphatic carbocycles. The Bertz CT molecular complexity index is 671. The van der Waals surface area contributed by atoms with Crippen molar-refractivity contribution in [2.45, 2.75) is 50.6 Å². The lowest BCUT2D eigenvalue weighted by atomic mass is 9.78. The third-order valence-corrected chi connectivity index (χ3v) is 5.89. The number of nitrogens with zero attached hydrogens (tertiary/aromatic N) is 1. The van der Waals surface area contributed by atoms with Crippen molar-refractivity contribution in [3.8, 4) is 0 Å². The number of Topliss-reactive ketones (excluding diaryl/α,β-unsaturated/α-hetero) is 1. The molecule has 142 valence electrons. The number of likely N-dealkylation sites (tertiary alicyclic amines) is 1. The molecule has 1 heterocycles. The standard InChI is InChI=1S/C20H25F2NO3/c1-14(24)15-8-11-23(12-9-15)18(25)20(26,16-5-3-2-4-6-16)17-7-10-19(21,22)13-17/h2-6,15,17,26H,7-13H2,1H3/t17-,20+/m1/s1. The smallest absolute Gasteiger partial charge is 0.259 e. The number of aliphatic hydroxyl groups is 1. The summed E-state index contributed by atoms with van der Waals surface area (Å²) in [5.74, 6) is -4.16. The highest BCUT2D eigenvalue weighted by molar-refractivity contribution is 5.87. The van der Waals surface area contributed by atoms with Gasteiger partial charge in [0.25, 0.3) is 5.91 Å². The summed E-state index contributed by atoms with van der Waals surface area (Å²) in [5.41, 5.74) is -1.59. The third-order valence-electron chi connectivity index (χ3n) is 5.89. The lowest BCUT2D eigenvalue weighted by Gasteiger charge is -2.40. The first-order valence-corrected chi connectivity index (χ1v) is 9.19. The summed E-state index contributed by atoms with van der Waals surface area (Å²) in [5, 5.41) is 11.4. The second-order valence-electron chi connectivity index (χ2n) is 7.61. The molecule has 0 unspecified atom stereocenters. The van der Waals surface area contributed by atoms with Crippen LogP contribution in [0.25, 0.3) is 0 Å². The SMILES string of the molecule is CC(=O)C1CCN(C(=O)[C@](O)(c2ccccc2)[C@@H]2CCC(F)(F)C2)CC1. The molecule has 0 spiro atoms. The molecular weight excluding hydrogens is 340 g/mol. The lowest BCUT2D eigenvalue weighted by molar-refractivity contribution is -0.162. The van der Waals surface area contributed by atoms with Gasteiger partial charge in [-0.05, 0) is 31.7 Å². The zero-order chi connectivity index (χ0) is 18.9. The van der Waals surface area contributed by atoms with Crippen LogP contribution in [0.15, 0.2) is 30.3 Å². The Morgan fingerprint density at radius 1 is 1.15 bits per heavy atom. The summed E-state index contributed by atoms with van der Waals surface area (Å²) in [6.07, 6.45) is 0.397. The Labute approximate surface area is 152 Å².